The summed E-state index contributed by atoms with van der Waals surface area (Å²) in [7, 11) is 4.82. The van der Waals surface area contributed by atoms with E-state index in [2.05, 4.69) is 5.32 Å². The Labute approximate surface area is 169 Å². The van der Waals surface area contributed by atoms with Crippen LogP contribution in [0.15, 0.2) is 59.8 Å². The molecule has 0 fully saturated rings. The summed E-state index contributed by atoms with van der Waals surface area (Å²) in [5.74, 6) is 1.12. The third kappa shape index (κ3) is 3.29. The molecule has 0 spiro atoms. The van der Waals surface area contributed by atoms with Crippen LogP contribution in [0.4, 0.5) is 4.79 Å². The zero-order chi connectivity index (χ0) is 20.5. The predicted octanol–water partition coefficient (Wildman–Crippen LogP) is 2.70. The summed E-state index contributed by atoms with van der Waals surface area (Å²) < 4.78 is 10.8. The lowest BCUT2D eigenvalue weighted by Crippen LogP contribution is -2.45. The van der Waals surface area contributed by atoms with Gasteiger partial charge in [-0.2, -0.15) is 0 Å². The second-order valence-corrected chi connectivity index (χ2v) is 7.06. The number of likely N-dealkylation sites (N-methyl/N-ethyl adjacent to an activating group) is 1. The average molecular weight is 393 g/mol. The molecule has 2 aliphatic heterocycles. The number of benzene rings is 2. The molecule has 7 heteroatoms. The minimum atomic E-state index is -0.605. The minimum Gasteiger partial charge on any atom is -0.497 e. The number of hydrogen-bond acceptors (Lipinski definition) is 4. The van der Waals surface area contributed by atoms with Gasteiger partial charge in [0, 0.05) is 19.2 Å². The first-order valence-corrected chi connectivity index (χ1v) is 9.36. The molecule has 3 amide bonds. The summed E-state index contributed by atoms with van der Waals surface area (Å²) in [6.07, 6.45) is 0. The highest BCUT2D eigenvalue weighted by Crippen LogP contribution is 2.40. The van der Waals surface area contributed by atoms with Gasteiger partial charge in [-0.3, -0.25) is 9.69 Å². The highest BCUT2D eigenvalue weighted by molar-refractivity contribution is 6.01. The van der Waals surface area contributed by atoms with E-state index in [0.29, 0.717) is 41.4 Å². The monoisotopic (exact) mass is 393 g/mol. The molecule has 0 saturated carbocycles. The summed E-state index contributed by atoms with van der Waals surface area (Å²) in [5.41, 5.74) is 3.01. The van der Waals surface area contributed by atoms with E-state index < -0.39 is 6.04 Å². The Balaban J connectivity index is 1.73. The molecule has 2 aromatic rings. The maximum absolute atomic E-state index is 13.4. The fourth-order valence-electron chi connectivity index (χ4n) is 3.85. The number of carbonyl (C=O) groups excluding carboxylic acids is 2. The number of nitrogens with one attached hydrogen (secondary N) is 1. The molecule has 7 nitrogen and oxygen atoms in total. The second kappa shape index (κ2) is 7.50. The van der Waals surface area contributed by atoms with Gasteiger partial charge >= 0.3 is 6.03 Å². The summed E-state index contributed by atoms with van der Waals surface area (Å²) in [4.78, 5) is 29.3. The van der Waals surface area contributed by atoms with Crippen molar-refractivity contribution in [2.75, 3.05) is 27.8 Å². The third-order valence-corrected chi connectivity index (χ3v) is 5.40. The van der Waals surface area contributed by atoms with Gasteiger partial charge in [-0.05, 0) is 23.8 Å². The van der Waals surface area contributed by atoms with Gasteiger partial charge < -0.3 is 19.7 Å². The zero-order valence-corrected chi connectivity index (χ0v) is 16.6. The molecule has 0 aliphatic carbocycles. The fraction of sp³-hybridized carbons (Fsp3) is 0.273. The normalized spacial score (nSPS) is 18.7. The van der Waals surface area contributed by atoms with Crippen molar-refractivity contribution in [3.8, 4) is 11.5 Å². The largest absolute Gasteiger partial charge is 0.497 e. The smallest absolute Gasteiger partial charge is 0.322 e. The van der Waals surface area contributed by atoms with Gasteiger partial charge in [-0.25, -0.2) is 4.79 Å². The van der Waals surface area contributed by atoms with Gasteiger partial charge in [-0.1, -0.05) is 30.3 Å². The first-order chi connectivity index (χ1) is 14.0. The van der Waals surface area contributed by atoms with Gasteiger partial charge in [0.25, 0.3) is 5.91 Å². The fourth-order valence-corrected chi connectivity index (χ4v) is 3.85. The van der Waals surface area contributed by atoms with E-state index in [9.17, 15) is 9.59 Å². The summed E-state index contributed by atoms with van der Waals surface area (Å²) in [6.45, 7) is 0.867. The zero-order valence-electron chi connectivity index (χ0n) is 16.6. The standard InChI is InChI=1S/C22H23N3O4/c1-24-17-13-25(12-14-7-5-4-6-8-14)21(26)19(17)20(23-22(24)27)16-11-15(28-2)9-10-18(16)29-3/h4-11,20H,12-13H2,1-3H3,(H,23,27)/t20-/m0/s1. The lowest BCUT2D eigenvalue weighted by molar-refractivity contribution is -0.126. The van der Waals surface area contributed by atoms with Crippen molar-refractivity contribution < 1.29 is 19.1 Å². The van der Waals surface area contributed by atoms with E-state index in [1.165, 1.54) is 4.90 Å². The Morgan fingerprint density at radius 3 is 2.52 bits per heavy atom. The highest BCUT2D eigenvalue weighted by atomic mass is 16.5. The highest BCUT2D eigenvalue weighted by Gasteiger charge is 2.43. The summed E-state index contributed by atoms with van der Waals surface area (Å²) in [6, 6.07) is 14.3. The van der Waals surface area contributed by atoms with Crippen molar-refractivity contribution in [2.24, 2.45) is 0 Å². The molecule has 0 saturated heterocycles. The van der Waals surface area contributed by atoms with Crippen LogP contribution >= 0.6 is 0 Å². The number of urea groups is 1. The minimum absolute atomic E-state index is 0.0921. The van der Waals surface area contributed by atoms with E-state index in [1.807, 2.05) is 30.3 Å². The van der Waals surface area contributed by atoms with Crippen molar-refractivity contribution in [2.45, 2.75) is 12.6 Å². The SMILES string of the molecule is COc1ccc(OC)c([C@@H]2NC(=O)N(C)C3=C2C(=O)N(Cc2ccccc2)C3)c1. The number of amides is 3. The van der Waals surface area contributed by atoms with E-state index >= 15 is 0 Å². The number of methoxy groups -OCH3 is 2. The van der Waals surface area contributed by atoms with Crippen molar-refractivity contribution in [3.05, 3.63) is 70.9 Å². The van der Waals surface area contributed by atoms with Gasteiger partial charge in [0.1, 0.15) is 11.5 Å². The van der Waals surface area contributed by atoms with Crippen molar-refractivity contribution >= 4 is 11.9 Å². The molecule has 150 valence electrons. The quantitative estimate of drug-likeness (QED) is 0.848. The number of rotatable bonds is 5. The molecular weight excluding hydrogens is 370 g/mol. The average Bonchev–Trinajstić information content (AvgIpc) is 3.07. The summed E-state index contributed by atoms with van der Waals surface area (Å²) >= 11 is 0. The maximum atomic E-state index is 13.4. The van der Waals surface area contributed by atoms with E-state index in [-0.39, 0.29) is 11.9 Å². The first-order valence-electron chi connectivity index (χ1n) is 9.36. The Kier molecular flexibility index (Phi) is 4.88. The Hall–Kier alpha value is -3.48. The molecule has 0 radical (unpaired) electrons. The molecular formula is C22H23N3O4. The lowest BCUT2D eigenvalue weighted by atomic mass is 9.94. The molecule has 1 N–H and O–H groups in total. The van der Waals surface area contributed by atoms with Crippen molar-refractivity contribution in [1.29, 1.82) is 0 Å². The topological polar surface area (TPSA) is 71.1 Å². The molecule has 0 unspecified atom stereocenters. The number of hydrogen-bond donors (Lipinski definition) is 1. The molecule has 2 aliphatic rings. The predicted molar refractivity (Wildman–Crippen MR) is 107 cm³/mol. The van der Waals surface area contributed by atoms with Crippen LogP contribution in [-0.2, 0) is 11.3 Å². The molecule has 1 atom stereocenters. The summed E-state index contributed by atoms with van der Waals surface area (Å²) in [5, 5.41) is 2.94. The van der Waals surface area contributed by atoms with Crippen LogP contribution in [0.5, 0.6) is 11.5 Å². The van der Waals surface area contributed by atoms with Crippen LogP contribution < -0.4 is 14.8 Å². The molecule has 4 rings (SSSR count). The van der Waals surface area contributed by atoms with Crippen LogP contribution in [0.1, 0.15) is 17.2 Å². The van der Waals surface area contributed by atoms with Crippen molar-refractivity contribution in [1.82, 2.24) is 15.1 Å². The van der Waals surface area contributed by atoms with Gasteiger partial charge in [0.05, 0.1) is 38.1 Å². The second-order valence-electron chi connectivity index (χ2n) is 7.06. The lowest BCUT2D eigenvalue weighted by Gasteiger charge is -2.31. The van der Waals surface area contributed by atoms with Crippen LogP contribution in [0.25, 0.3) is 0 Å². The number of carbonyl (C=O) groups is 2. The Morgan fingerprint density at radius 1 is 1.07 bits per heavy atom. The number of nitrogens with zero attached hydrogens (tertiary/aromatic N) is 2. The Bertz CT molecular complexity index is 987. The molecule has 29 heavy (non-hydrogen) atoms. The maximum Gasteiger partial charge on any atom is 0.322 e. The first kappa shape index (κ1) is 18.9. The molecule has 2 heterocycles. The van der Waals surface area contributed by atoms with Gasteiger partial charge in [0.2, 0.25) is 0 Å². The van der Waals surface area contributed by atoms with E-state index in [1.54, 1.807) is 44.4 Å². The van der Waals surface area contributed by atoms with Crippen molar-refractivity contribution in [3.63, 3.8) is 0 Å². The molecule has 0 aromatic heterocycles. The van der Waals surface area contributed by atoms with Crippen LogP contribution in [0.2, 0.25) is 0 Å². The van der Waals surface area contributed by atoms with Gasteiger partial charge in [-0.15, -0.1) is 0 Å². The van der Waals surface area contributed by atoms with E-state index in [0.717, 1.165) is 5.56 Å². The number of ether oxygens (including phenoxy) is 2. The van der Waals surface area contributed by atoms with Crippen LogP contribution in [0, 0.1) is 0 Å². The van der Waals surface area contributed by atoms with Crippen LogP contribution in [-0.4, -0.2) is 49.6 Å². The third-order valence-electron chi connectivity index (χ3n) is 5.40. The van der Waals surface area contributed by atoms with E-state index in [4.69, 9.17) is 9.47 Å². The van der Waals surface area contributed by atoms with Gasteiger partial charge in [0.15, 0.2) is 0 Å². The molecule has 2 aromatic carbocycles. The Morgan fingerprint density at radius 2 is 1.83 bits per heavy atom. The van der Waals surface area contributed by atoms with Crippen LogP contribution in [0.3, 0.4) is 0 Å². The molecule has 0 bridgehead atoms.